The van der Waals surface area contributed by atoms with Crippen molar-refractivity contribution in [1.82, 2.24) is 5.32 Å². The van der Waals surface area contributed by atoms with Gasteiger partial charge in [-0.25, -0.2) is 4.39 Å². The maximum atomic E-state index is 13.6. The summed E-state index contributed by atoms with van der Waals surface area (Å²) < 4.78 is 13.6. The number of rotatable bonds is 5. The summed E-state index contributed by atoms with van der Waals surface area (Å²) in [6, 6.07) is 4.91. The Hall–Kier alpha value is -0.600. The van der Waals surface area contributed by atoms with Gasteiger partial charge < -0.3 is 5.32 Å². The zero-order valence-corrected chi connectivity index (χ0v) is 13.2. The first-order chi connectivity index (χ1) is 9.61. The highest BCUT2D eigenvalue weighted by atomic mass is 35.5. The fourth-order valence-corrected chi connectivity index (χ4v) is 3.44. The topological polar surface area (TPSA) is 12.0 Å². The summed E-state index contributed by atoms with van der Waals surface area (Å²) in [6.45, 7) is 5.42. The summed E-state index contributed by atoms with van der Waals surface area (Å²) >= 11 is 6.31. The van der Waals surface area contributed by atoms with Crippen LogP contribution < -0.4 is 5.32 Å². The van der Waals surface area contributed by atoms with E-state index in [4.69, 9.17) is 11.6 Å². The Morgan fingerprint density at radius 2 is 2.00 bits per heavy atom. The zero-order valence-electron chi connectivity index (χ0n) is 12.5. The molecule has 1 aliphatic rings. The molecule has 1 nitrogen and oxygen atoms in total. The molecule has 0 bridgehead atoms. The third kappa shape index (κ3) is 3.95. The molecule has 1 saturated carbocycles. The Morgan fingerprint density at radius 1 is 1.30 bits per heavy atom. The van der Waals surface area contributed by atoms with Crippen molar-refractivity contribution in [2.45, 2.75) is 52.0 Å². The normalized spacial score (nSPS) is 24.6. The fourth-order valence-electron chi connectivity index (χ4n) is 3.20. The quantitative estimate of drug-likeness (QED) is 0.773. The average Bonchev–Trinajstić information content (AvgIpc) is 2.44. The van der Waals surface area contributed by atoms with Crippen molar-refractivity contribution in [3.8, 4) is 0 Å². The van der Waals surface area contributed by atoms with E-state index in [0.717, 1.165) is 24.4 Å². The van der Waals surface area contributed by atoms with Gasteiger partial charge >= 0.3 is 0 Å². The van der Waals surface area contributed by atoms with Crippen LogP contribution >= 0.6 is 11.6 Å². The van der Waals surface area contributed by atoms with Gasteiger partial charge in [-0.2, -0.15) is 0 Å². The first-order valence-electron chi connectivity index (χ1n) is 7.80. The maximum Gasteiger partial charge on any atom is 0.123 e. The minimum absolute atomic E-state index is 0.186. The second-order valence-corrected chi connectivity index (χ2v) is 6.52. The van der Waals surface area contributed by atoms with Gasteiger partial charge in [0.25, 0.3) is 0 Å². The minimum Gasteiger partial charge on any atom is -0.310 e. The summed E-state index contributed by atoms with van der Waals surface area (Å²) in [5.74, 6) is 1.19. The van der Waals surface area contributed by atoms with Crippen molar-refractivity contribution in [3.63, 3.8) is 0 Å². The molecule has 0 aromatic heterocycles. The lowest BCUT2D eigenvalue weighted by Crippen LogP contribution is -2.31. The summed E-state index contributed by atoms with van der Waals surface area (Å²) in [7, 11) is 0. The lowest BCUT2D eigenvalue weighted by Gasteiger charge is -2.34. The van der Waals surface area contributed by atoms with E-state index in [-0.39, 0.29) is 11.9 Å². The predicted octanol–water partition coefficient (Wildman–Crippen LogP) is 5.35. The van der Waals surface area contributed by atoms with Crippen LogP contribution in [0.3, 0.4) is 0 Å². The Labute approximate surface area is 126 Å². The van der Waals surface area contributed by atoms with E-state index < -0.39 is 0 Å². The van der Waals surface area contributed by atoms with Crippen LogP contribution in [-0.2, 0) is 0 Å². The van der Waals surface area contributed by atoms with Gasteiger partial charge in [0.2, 0.25) is 0 Å². The van der Waals surface area contributed by atoms with Gasteiger partial charge in [-0.3, -0.25) is 0 Å². The van der Waals surface area contributed by atoms with Crippen LogP contribution in [0.4, 0.5) is 4.39 Å². The monoisotopic (exact) mass is 297 g/mol. The van der Waals surface area contributed by atoms with E-state index in [1.165, 1.54) is 31.7 Å². The number of nitrogens with one attached hydrogen (secondary N) is 1. The van der Waals surface area contributed by atoms with Crippen molar-refractivity contribution < 1.29 is 4.39 Å². The number of hydrogen-bond donors (Lipinski definition) is 1. The molecule has 1 fully saturated rings. The van der Waals surface area contributed by atoms with Crippen molar-refractivity contribution >= 4 is 11.6 Å². The molecule has 1 atom stereocenters. The minimum atomic E-state index is -0.197. The molecule has 0 amide bonds. The molecular formula is C17H25ClFN. The first kappa shape index (κ1) is 15.8. The Kier molecular flexibility index (Phi) is 5.86. The molecule has 0 heterocycles. The van der Waals surface area contributed by atoms with Crippen LogP contribution in [0.2, 0.25) is 5.02 Å². The molecule has 112 valence electrons. The summed E-state index contributed by atoms with van der Waals surface area (Å²) in [4.78, 5) is 0. The molecule has 20 heavy (non-hydrogen) atoms. The SMILES string of the molecule is CCCNC(c1cc(F)ccc1Cl)C1CCC(C)CC1. The third-order valence-electron chi connectivity index (χ3n) is 4.44. The maximum absolute atomic E-state index is 13.6. The van der Waals surface area contributed by atoms with Gasteiger partial charge in [0.15, 0.2) is 0 Å². The van der Waals surface area contributed by atoms with E-state index in [1.54, 1.807) is 12.1 Å². The van der Waals surface area contributed by atoms with Crippen LogP contribution in [0, 0.1) is 17.7 Å². The lowest BCUT2D eigenvalue weighted by molar-refractivity contribution is 0.231. The van der Waals surface area contributed by atoms with Gasteiger partial charge in [-0.1, -0.05) is 38.3 Å². The Balaban J connectivity index is 2.20. The molecule has 2 rings (SSSR count). The van der Waals surface area contributed by atoms with E-state index in [9.17, 15) is 4.39 Å². The lowest BCUT2D eigenvalue weighted by atomic mass is 9.77. The van der Waals surface area contributed by atoms with E-state index in [2.05, 4.69) is 19.2 Å². The van der Waals surface area contributed by atoms with Crippen LogP contribution in [0.5, 0.6) is 0 Å². The molecular weight excluding hydrogens is 273 g/mol. The van der Waals surface area contributed by atoms with Crippen molar-refractivity contribution in [2.75, 3.05) is 6.54 Å². The van der Waals surface area contributed by atoms with E-state index in [1.807, 2.05) is 0 Å². The molecule has 0 radical (unpaired) electrons. The first-order valence-corrected chi connectivity index (χ1v) is 8.18. The van der Waals surface area contributed by atoms with Gasteiger partial charge in [0.1, 0.15) is 5.82 Å². The van der Waals surface area contributed by atoms with Gasteiger partial charge in [0, 0.05) is 11.1 Å². The number of halogens is 2. The largest absolute Gasteiger partial charge is 0.310 e. The third-order valence-corrected chi connectivity index (χ3v) is 4.78. The molecule has 1 aromatic rings. The molecule has 0 aliphatic heterocycles. The smallest absolute Gasteiger partial charge is 0.123 e. The Bertz CT molecular complexity index is 427. The summed E-state index contributed by atoms with van der Waals surface area (Å²) in [5, 5.41) is 4.27. The van der Waals surface area contributed by atoms with Crippen molar-refractivity contribution in [1.29, 1.82) is 0 Å². The molecule has 0 spiro atoms. The fraction of sp³-hybridized carbons (Fsp3) is 0.647. The van der Waals surface area contributed by atoms with Gasteiger partial charge in [0.05, 0.1) is 0 Å². The van der Waals surface area contributed by atoms with Crippen LogP contribution in [0.25, 0.3) is 0 Å². The zero-order chi connectivity index (χ0) is 14.5. The second kappa shape index (κ2) is 7.42. The number of hydrogen-bond acceptors (Lipinski definition) is 1. The average molecular weight is 298 g/mol. The van der Waals surface area contributed by atoms with Gasteiger partial charge in [-0.05, 0) is 61.4 Å². The molecule has 0 saturated heterocycles. The molecule has 1 aromatic carbocycles. The second-order valence-electron chi connectivity index (χ2n) is 6.12. The van der Waals surface area contributed by atoms with Crippen molar-refractivity contribution in [3.05, 3.63) is 34.6 Å². The van der Waals surface area contributed by atoms with Gasteiger partial charge in [-0.15, -0.1) is 0 Å². The molecule has 1 aliphatic carbocycles. The molecule has 1 N–H and O–H groups in total. The molecule has 3 heteroatoms. The van der Waals surface area contributed by atoms with E-state index >= 15 is 0 Å². The van der Waals surface area contributed by atoms with Crippen molar-refractivity contribution in [2.24, 2.45) is 11.8 Å². The number of benzene rings is 1. The molecule has 1 unspecified atom stereocenters. The standard InChI is InChI=1S/C17H25ClFN/c1-3-10-20-17(13-6-4-12(2)5-7-13)15-11-14(19)8-9-16(15)18/h8-9,11-13,17,20H,3-7,10H2,1-2H3. The van der Waals surface area contributed by atoms with Crippen LogP contribution in [-0.4, -0.2) is 6.54 Å². The highest BCUT2D eigenvalue weighted by Gasteiger charge is 2.28. The predicted molar refractivity (Wildman–Crippen MR) is 83.6 cm³/mol. The van der Waals surface area contributed by atoms with Crippen LogP contribution in [0.1, 0.15) is 57.6 Å². The van der Waals surface area contributed by atoms with Crippen LogP contribution in [0.15, 0.2) is 18.2 Å². The summed E-state index contributed by atoms with van der Waals surface area (Å²) in [5.41, 5.74) is 0.930. The highest BCUT2D eigenvalue weighted by molar-refractivity contribution is 6.31. The summed E-state index contributed by atoms with van der Waals surface area (Å²) in [6.07, 6.45) is 6.02. The Morgan fingerprint density at radius 3 is 2.65 bits per heavy atom. The highest BCUT2D eigenvalue weighted by Crippen LogP contribution is 2.39. The van der Waals surface area contributed by atoms with E-state index in [0.29, 0.717) is 10.9 Å².